The third-order valence-electron chi connectivity index (χ3n) is 6.24. The van der Waals surface area contributed by atoms with Gasteiger partial charge in [-0.05, 0) is 44.2 Å². The van der Waals surface area contributed by atoms with Crippen molar-refractivity contribution in [2.75, 3.05) is 40.3 Å². The molecular formula is C21H29N5O2. The summed E-state index contributed by atoms with van der Waals surface area (Å²) < 4.78 is 7.40. The van der Waals surface area contributed by atoms with E-state index in [1.807, 2.05) is 24.5 Å². The van der Waals surface area contributed by atoms with E-state index >= 15 is 0 Å². The van der Waals surface area contributed by atoms with Gasteiger partial charge in [-0.3, -0.25) is 14.6 Å². The van der Waals surface area contributed by atoms with Gasteiger partial charge in [-0.15, -0.1) is 0 Å². The molecule has 0 bridgehead atoms. The minimum Gasteiger partial charge on any atom is -0.497 e. The normalized spacial score (nSPS) is 24.1. The van der Waals surface area contributed by atoms with Gasteiger partial charge in [0.25, 0.3) is 0 Å². The number of imidazole rings is 1. The van der Waals surface area contributed by atoms with Crippen LogP contribution >= 0.6 is 0 Å². The monoisotopic (exact) mass is 383 g/mol. The minimum atomic E-state index is 0.0644. The quantitative estimate of drug-likeness (QED) is 0.870. The number of benzene rings is 1. The Morgan fingerprint density at radius 3 is 2.82 bits per heavy atom. The summed E-state index contributed by atoms with van der Waals surface area (Å²) in [4.78, 5) is 21.4. The Morgan fingerprint density at radius 1 is 1.21 bits per heavy atom. The fraction of sp³-hybridized carbons (Fsp3) is 0.524. The van der Waals surface area contributed by atoms with Crippen LogP contribution in [0, 0.1) is 0 Å². The molecule has 0 radical (unpaired) electrons. The van der Waals surface area contributed by atoms with Crippen molar-refractivity contribution < 1.29 is 9.53 Å². The van der Waals surface area contributed by atoms with E-state index in [9.17, 15) is 4.79 Å². The van der Waals surface area contributed by atoms with E-state index in [0.29, 0.717) is 6.42 Å². The fourth-order valence-corrected chi connectivity index (χ4v) is 4.44. The zero-order valence-corrected chi connectivity index (χ0v) is 16.7. The standard InChI is InChI=1S/C21H29N5O2/c1-24-13-14-25(16-21(24)8-7-20(27)23-10-9-21)15-19-22-11-12-26(19)17-3-5-18(28-2)6-4-17/h3-6,11-12H,7-10,13-16H2,1-2H3,(H,23,27). The molecule has 1 spiro atoms. The predicted octanol–water partition coefficient (Wildman–Crippen LogP) is 1.67. The Hall–Kier alpha value is -2.38. The maximum absolute atomic E-state index is 11.8. The van der Waals surface area contributed by atoms with Crippen LogP contribution in [0.25, 0.3) is 5.69 Å². The molecule has 0 saturated carbocycles. The number of nitrogens with zero attached hydrogens (tertiary/aromatic N) is 4. The molecule has 2 saturated heterocycles. The lowest BCUT2D eigenvalue weighted by atomic mass is 9.86. The van der Waals surface area contributed by atoms with Gasteiger partial charge in [0.1, 0.15) is 11.6 Å². The Balaban J connectivity index is 1.50. The van der Waals surface area contributed by atoms with Crippen molar-refractivity contribution in [2.45, 2.75) is 31.3 Å². The number of piperazine rings is 1. The second-order valence-electron chi connectivity index (χ2n) is 7.87. The van der Waals surface area contributed by atoms with Crippen LogP contribution in [0.15, 0.2) is 36.7 Å². The van der Waals surface area contributed by atoms with E-state index in [2.05, 4.69) is 43.8 Å². The second-order valence-corrected chi connectivity index (χ2v) is 7.87. The number of ether oxygens (including phenoxy) is 1. The van der Waals surface area contributed by atoms with E-state index in [1.165, 1.54) is 0 Å². The van der Waals surface area contributed by atoms with Crippen molar-refractivity contribution >= 4 is 5.91 Å². The number of rotatable bonds is 4. The summed E-state index contributed by atoms with van der Waals surface area (Å²) >= 11 is 0. The summed E-state index contributed by atoms with van der Waals surface area (Å²) in [7, 11) is 3.88. The van der Waals surface area contributed by atoms with Gasteiger partial charge in [-0.1, -0.05) is 0 Å². The third-order valence-corrected chi connectivity index (χ3v) is 6.24. The van der Waals surface area contributed by atoms with Crippen LogP contribution < -0.4 is 10.1 Å². The number of amides is 1. The smallest absolute Gasteiger partial charge is 0.220 e. The molecular weight excluding hydrogens is 354 g/mol. The van der Waals surface area contributed by atoms with Crippen LogP contribution in [0.2, 0.25) is 0 Å². The lowest BCUT2D eigenvalue weighted by Gasteiger charge is -2.49. The second kappa shape index (κ2) is 7.93. The first-order valence-corrected chi connectivity index (χ1v) is 9.97. The summed E-state index contributed by atoms with van der Waals surface area (Å²) in [5, 5.41) is 3.03. The number of likely N-dealkylation sites (N-methyl/N-ethyl adjacent to an activating group) is 1. The number of hydrogen-bond donors (Lipinski definition) is 1. The number of hydrogen-bond acceptors (Lipinski definition) is 5. The maximum atomic E-state index is 11.8. The van der Waals surface area contributed by atoms with Crippen LogP contribution in [0.4, 0.5) is 0 Å². The lowest BCUT2D eigenvalue weighted by molar-refractivity contribution is -0.121. The molecule has 1 amide bonds. The molecule has 150 valence electrons. The van der Waals surface area contributed by atoms with Crippen LogP contribution in [-0.4, -0.2) is 71.1 Å². The molecule has 7 heteroatoms. The molecule has 28 heavy (non-hydrogen) atoms. The van der Waals surface area contributed by atoms with Gasteiger partial charge < -0.3 is 14.6 Å². The SMILES string of the molecule is COc1ccc(-n2ccnc2CN2CCN(C)C3(CCNC(=O)CC3)C2)cc1. The molecule has 2 fully saturated rings. The van der Waals surface area contributed by atoms with Crippen LogP contribution in [0.3, 0.4) is 0 Å². The van der Waals surface area contributed by atoms with Crippen molar-refractivity contribution in [2.24, 2.45) is 0 Å². The minimum absolute atomic E-state index is 0.0644. The first-order valence-electron chi connectivity index (χ1n) is 9.97. The van der Waals surface area contributed by atoms with Gasteiger partial charge in [0, 0.05) is 56.2 Å². The Labute approximate surface area is 166 Å². The van der Waals surface area contributed by atoms with Crippen molar-refractivity contribution in [3.05, 3.63) is 42.5 Å². The molecule has 1 aromatic heterocycles. The highest BCUT2D eigenvalue weighted by Gasteiger charge is 2.40. The largest absolute Gasteiger partial charge is 0.497 e. The topological polar surface area (TPSA) is 62.6 Å². The summed E-state index contributed by atoms with van der Waals surface area (Å²) in [6, 6.07) is 8.05. The molecule has 2 aliphatic heterocycles. The number of nitrogens with one attached hydrogen (secondary N) is 1. The molecule has 1 atom stereocenters. The van der Waals surface area contributed by atoms with Crippen LogP contribution in [0.5, 0.6) is 5.75 Å². The number of carbonyl (C=O) groups is 1. The van der Waals surface area contributed by atoms with Gasteiger partial charge in [0.05, 0.1) is 13.7 Å². The van der Waals surface area contributed by atoms with Gasteiger partial charge in [0.15, 0.2) is 0 Å². The van der Waals surface area contributed by atoms with E-state index in [0.717, 1.165) is 62.8 Å². The summed E-state index contributed by atoms with van der Waals surface area (Å²) in [5.74, 6) is 2.06. The average Bonchev–Trinajstić information content (AvgIpc) is 3.09. The van der Waals surface area contributed by atoms with E-state index in [4.69, 9.17) is 4.74 Å². The van der Waals surface area contributed by atoms with Crippen molar-refractivity contribution in [1.82, 2.24) is 24.7 Å². The molecule has 0 aliphatic carbocycles. The third kappa shape index (κ3) is 3.77. The zero-order valence-electron chi connectivity index (χ0n) is 16.7. The number of carbonyl (C=O) groups excluding carboxylic acids is 1. The van der Waals surface area contributed by atoms with Crippen LogP contribution in [-0.2, 0) is 11.3 Å². The highest BCUT2D eigenvalue weighted by molar-refractivity contribution is 5.76. The fourth-order valence-electron chi connectivity index (χ4n) is 4.44. The van der Waals surface area contributed by atoms with Gasteiger partial charge >= 0.3 is 0 Å². The van der Waals surface area contributed by atoms with Gasteiger partial charge in [-0.25, -0.2) is 4.98 Å². The highest BCUT2D eigenvalue weighted by atomic mass is 16.5. The maximum Gasteiger partial charge on any atom is 0.220 e. The van der Waals surface area contributed by atoms with Gasteiger partial charge in [0.2, 0.25) is 5.91 Å². The molecule has 7 nitrogen and oxygen atoms in total. The number of aromatic nitrogens is 2. The molecule has 4 rings (SSSR count). The first kappa shape index (κ1) is 19.0. The Bertz CT molecular complexity index is 818. The summed E-state index contributed by atoms with van der Waals surface area (Å²) in [6.45, 7) is 4.55. The molecule has 1 N–H and O–H groups in total. The molecule has 2 aliphatic rings. The van der Waals surface area contributed by atoms with Crippen LogP contribution in [0.1, 0.15) is 25.1 Å². The molecule has 2 aromatic rings. The van der Waals surface area contributed by atoms with Crippen molar-refractivity contribution in [1.29, 1.82) is 0 Å². The number of methoxy groups -OCH3 is 1. The van der Waals surface area contributed by atoms with E-state index in [-0.39, 0.29) is 11.4 Å². The Morgan fingerprint density at radius 2 is 2.04 bits per heavy atom. The Kier molecular flexibility index (Phi) is 5.37. The first-order chi connectivity index (χ1) is 13.6. The summed E-state index contributed by atoms with van der Waals surface area (Å²) in [6.07, 6.45) is 6.40. The predicted molar refractivity (Wildman–Crippen MR) is 108 cm³/mol. The van der Waals surface area contributed by atoms with Crippen molar-refractivity contribution in [3.63, 3.8) is 0 Å². The zero-order chi connectivity index (χ0) is 19.6. The lowest BCUT2D eigenvalue weighted by Crippen LogP contribution is -2.60. The van der Waals surface area contributed by atoms with E-state index < -0.39 is 0 Å². The average molecular weight is 383 g/mol. The highest BCUT2D eigenvalue weighted by Crippen LogP contribution is 2.31. The van der Waals surface area contributed by atoms with E-state index in [1.54, 1.807) is 7.11 Å². The summed E-state index contributed by atoms with van der Waals surface area (Å²) in [5.41, 5.74) is 1.15. The van der Waals surface area contributed by atoms with Gasteiger partial charge in [-0.2, -0.15) is 0 Å². The van der Waals surface area contributed by atoms with Crippen molar-refractivity contribution in [3.8, 4) is 11.4 Å². The molecule has 1 unspecified atom stereocenters. The molecule has 3 heterocycles. The molecule has 1 aromatic carbocycles.